The molecule has 0 heterocycles. The van der Waals surface area contributed by atoms with Crippen molar-refractivity contribution in [3.63, 3.8) is 0 Å². The van der Waals surface area contributed by atoms with Gasteiger partial charge in [0.1, 0.15) is 0 Å². The smallest absolute Gasteiger partial charge is 0.0991 e. The lowest BCUT2D eigenvalue weighted by molar-refractivity contribution is 0.244. The Labute approximate surface area is 92.1 Å². The van der Waals surface area contributed by atoms with Gasteiger partial charge in [0, 0.05) is 12.6 Å². The third kappa shape index (κ3) is 3.38. The molecule has 0 aliphatic heterocycles. The molecule has 0 saturated heterocycles. The standard InChI is InChI=1S/C13H18N2/c1-4-11(2)15(3)10-13-7-5-12(9-14)6-8-13/h5-8,11H,4,10H2,1-3H3. The normalized spacial score (nSPS) is 12.5. The van der Waals surface area contributed by atoms with Gasteiger partial charge in [0.15, 0.2) is 0 Å². The Morgan fingerprint density at radius 2 is 1.93 bits per heavy atom. The van der Waals surface area contributed by atoms with Gasteiger partial charge in [-0.15, -0.1) is 0 Å². The summed E-state index contributed by atoms with van der Waals surface area (Å²) in [5.41, 5.74) is 1.99. The lowest BCUT2D eigenvalue weighted by atomic mass is 10.1. The Morgan fingerprint density at radius 1 is 1.33 bits per heavy atom. The topological polar surface area (TPSA) is 27.0 Å². The molecule has 0 N–H and O–H groups in total. The van der Waals surface area contributed by atoms with Crippen LogP contribution in [0, 0.1) is 11.3 Å². The van der Waals surface area contributed by atoms with E-state index in [1.165, 1.54) is 5.56 Å². The summed E-state index contributed by atoms with van der Waals surface area (Å²) < 4.78 is 0. The molecule has 1 aromatic carbocycles. The van der Waals surface area contributed by atoms with Gasteiger partial charge < -0.3 is 0 Å². The summed E-state index contributed by atoms with van der Waals surface area (Å²) in [6.45, 7) is 5.37. The zero-order valence-corrected chi connectivity index (χ0v) is 9.70. The predicted molar refractivity (Wildman–Crippen MR) is 62.4 cm³/mol. The Bertz CT molecular complexity index is 335. The van der Waals surface area contributed by atoms with Crippen LogP contribution in [0.2, 0.25) is 0 Å². The highest BCUT2D eigenvalue weighted by molar-refractivity contribution is 5.31. The summed E-state index contributed by atoms with van der Waals surface area (Å²) in [4.78, 5) is 2.32. The SMILES string of the molecule is CCC(C)N(C)Cc1ccc(C#N)cc1. The van der Waals surface area contributed by atoms with Gasteiger partial charge in [0.05, 0.1) is 11.6 Å². The van der Waals surface area contributed by atoms with Crippen molar-refractivity contribution >= 4 is 0 Å². The lowest BCUT2D eigenvalue weighted by Crippen LogP contribution is -2.27. The first-order chi connectivity index (χ1) is 7.17. The van der Waals surface area contributed by atoms with Gasteiger partial charge in [-0.3, -0.25) is 4.90 Å². The van der Waals surface area contributed by atoms with E-state index in [4.69, 9.17) is 5.26 Å². The molecule has 0 radical (unpaired) electrons. The number of rotatable bonds is 4. The minimum atomic E-state index is 0.598. The molecule has 80 valence electrons. The van der Waals surface area contributed by atoms with E-state index in [0.717, 1.165) is 18.5 Å². The molecular weight excluding hydrogens is 184 g/mol. The average Bonchev–Trinajstić information content (AvgIpc) is 2.29. The van der Waals surface area contributed by atoms with Crippen LogP contribution >= 0.6 is 0 Å². The van der Waals surface area contributed by atoms with Gasteiger partial charge in [0.25, 0.3) is 0 Å². The molecule has 0 fully saturated rings. The second-order valence-corrected chi connectivity index (χ2v) is 3.98. The van der Waals surface area contributed by atoms with Crippen LogP contribution in [0.15, 0.2) is 24.3 Å². The van der Waals surface area contributed by atoms with E-state index < -0.39 is 0 Å². The minimum Gasteiger partial charge on any atom is -0.299 e. The third-order valence-corrected chi connectivity index (χ3v) is 2.86. The monoisotopic (exact) mass is 202 g/mol. The molecule has 2 nitrogen and oxygen atoms in total. The first-order valence-electron chi connectivity index (χ1n) is 5.36. The first-order valence-corrected chi connectivity index (χ1v) is 5.36. The van der Waals surface area contributed by atoms with Gasteiger partial charge >= 0.3 is 0 Å². The van der Waals surface area contributed by atoms with Gasteiger partial charge in [-0.05, 0) is 38.1 Å². The number of hydrogen-bond donors (Lipinski definition) is 0. The number of nitrogens with zero attached hydrogens (tertiary/aromatic N) is 2. The van der Waals surface area contributed by atoms with Crippen molar-refractivity contribution in [3.05, 3.63) is 35.4 Å². The third-order valence-electron chi connectivity index (χ3n) is 2.86. The van der Waals surface area contributed by atoms with Crippen LogP contribution in [0.5, 0.6) is 0 Å². The maximum atomic E-state index is 8.68. The summed E-state index contributed by atoms with van der Waals surface area (Å²) in [5, 5.41) is 8.68. The van der Waals surface area contributed by atoms with Crippen LogP contribution in [0.25, 0.3) is 0 Å². The Hall–Kier alpha value is -1.33. The molecule has 0 bridgehead atoms. The van der Waals surface area contributed by atoms with E-state index >= 15 is 0 Å². The Morgan fingerprint density at radius 3 is 2.40 bits per heavy atom. The Balaban J connectivity index is 2.61. The van der Waals surface area contributed by atoms with Crippen molar-refractivity contribution in [1.82, 2.24) is 4.90 Å². The van der Waals surface area contributed by atoms with Crippen LogP contribution in [0.3, 0.4) is 0 Å². The van der Waals surface area contributed by atoms with E-state index in [1.807, 2.05) is 24.3 Å². The fraction of sp³-hybridized carbons (Fsp3) is 0.462. The number of nitriles is 1. The van der Waals surface area contributed by atoms with Gasteiger partial charge in [0.2, 0.25) is 0 Å². The van der Waals surface area contributed by atoms with E-state index in [-0.39, 0.29) is 0 Å². The predicted octanol–water partition coefficient (Wildman–Crippen LogP) is 2.79. The van der Waals surface area contributed by atoms with Crippen LogP contribution < -0.4 is 0 Å². The number of benzene rings is 1. The fourth-order valence-corrected chi connectivity index (χ4v) is 1.44. The summed E-state index contributed by atoms with van der Waals surface area (Å²) in [6, 6.07) is 10.5. The molecular formula is C13H18N2. The molecule has 0 aromatic heterocycles. The molecule has 0 spiro atoms. The molecule has 1 unspecified atom stereocenters. The van der Waals surface area contributed by atoms with Crippen molar-refractivity contribution in [1.29, 1.82) is 5.26 Å². The van der Waals surface area contributed by atoms with Gasteiger partial charge in [-0.1, -0.05) is 19.1 Å². The number of hydrogen-bond acceptors (Lipinski definition) is 2. The molecule has 2 heteroatoms. The van der Waals surface area contributed by atoms with Crippen LogP contribution in [-0.2, 0) is 6.54 Å². The summed E-state index contributed by atoms with van der Waals surface area (Å²) in [6.07, 6.45) is 1.16. The average molecular weight is 202 g/mol. The van der Waals surface area contributed by atoms with Crippen molar-refractivity contribution < 1.29 is 0 Å². The van der Waals surface area contributed by atoms with E-state index in [0.29, 0.717) is 6.04 Å². The molecule has 0 aliphatic rings. The zero-order valence-electron chi connectivity index (χ0n) is 9.70. The largest absolute Gasteiger partial charge is 0.299 e. The summed E-state index contributed by atoms with van der Waals surface area (Å²) in [7, 11) is 2.13. The highest BCUT2D eigenvalue weighted by atomic mass is 15.1. The highest BCUT2D eigenvalue weighted by Gasteiger charge is 2.06. The Kier molecular flexibility index (Phi) is 4.33. The second kappa shape index (κ2) is 5.53. The van der Waals surface area contributed by atoms with E-state index in [2.05, 4.69) is 31.9 Å². The van der Waals surface area contributed by atoms with Gasteiger partial charge in [-0.2, -0.15) is 5.26 Å². The van der Waals surface area contributed by atoms with E-state index in [9.17, 15) is 0 Å². The molecule has 0 amide bonds. The first kappa shape index (κ1) is 11.7. The maximum Gasteiger partial charge on any atom is 0.0991 e. The summed E-state index contributed by atoms with van der Waals surface area (Å²) in [5.74, 6) is 0. The van der Waals surface area contributed by atoms with E-state index in [1.54, 1.807) is 0 Å². The zero-order chi connectivity index (χ0) is 11.3. The van der Waals surface area contributed by atoms with Crippen molar-refractivity contribution in [3.8, 4) is 6.07 Å². The molecule has 1 atom stereocenters. The summed E-state index contributed by atoms with van der Waals surface area (Å²) >= 11 is 0. The quantitative estimate of drug-likeness (QED) is 0.750. The molecule has 0 saturated carbocycles. The molecule has 1 aromatic rings. The van der Waals surface area contributed by atoms with Crippen molar-refractivity contribution in [2.45, 2.75) is 32.9 Å². The fourth-order valence-electron chi connectivity index (χ4n) is 1.44. The maximum absolute atomic E-state index is 8.68. The minimum absolute atomic E-state index is 0.598. The highest BCUT2D eigenvalue weighted by Crippen LogP contribution is 2.09. The van der Waals surface area contributed by atoms with Crippen LogP contribution in [0.4, 0.5) is 0 Å². The second-order valence-electron chi connectivity index (χ2n) is 3.98. The van der Waals surface area contributed by atoms with Crippen LogP contribution in [0.1, 0.15) is 31.4 Å². The van der Waals surface area contributed by atoms with Gasteiger partial charge in [-0.25, -0.2) is 0 Å². The van der Waals surface area contributed by atoms with Crippen LogP contribution in [-0.4, -0.2) is 18.0 Å². The molecule has 1 rings (SSSR count). The lowest BCUT2D eigenvalue weighted by Gasteiger charge is -2.23. The van der Waals surface area contributed by atoms with Crippen molar-refractivity contribution in [2.75, 3.05) is 7.05 Å². The molecule has 15 heavy (non-hydrogen) atoms. The molecule has 0 aliphatic carbocycles. The van der Waals surface area contributed by atoms with Crippen molar-refractivity contribution in [2.24, 2.45) is 0 Å².